The lowest BCUT2D eigenvalue weighted by atomic mass is 10.1. The number of nitrogens with two attached hydrogens (primary N) is 1. The van der Waals surface area contributed by atoms with Crippen LogP contribution in [0.25, 0.3) is 0 Å². The highest BCUT2D eigenvalue weighted by atomic mass is 35.5. The van der Waals surface area contributed by atoms with E-state index in [0.29, 0.717) is 24.6 Å². The second-order valence-electron chi connectivity index (χ2n) is 5.90. The molecule has 0 fully saturated rings. The first kappa shape index (κ1) is 17.9. The van der Waals surface area contributed by atoms with Crippen LogP contribution in [-0.4, -0.2) is 17.4 Å². The van der Waals surface area contributed by atoms with Gasteiger partial charge in [-0.25, -0.2) is 4.98 Å². The number of aromatic nitrogens is 1. The average Bonchev–Trinajstić information content (AvgIpc) is 2.98. The van der Waals surface area contributed by atoms with Gasteiger partial charge in [0, 0.05) is 16.9 Å². The number of hydrogen-bond acceptors (Lipinski definition) is 4. The Morgan fingerprint density at radius 2 is 2.13 bits per heavy atom. The highest BCUT2D eigenvalue weighted by Gasteiger charge is 2.16. The molecule has 6 heteroatoms. The fraction of sp³-hybridized carbons (Fsp3) is 0.412. The summed E-state index contributed by atoms with van der Waals surface area (Å²) in [5, 5.41) is 6.17. The highest BCUT2D eigenvalue weighted by molar-refractivity contribution is 7.09. The molecule has 1 aromatic carbocycles. The van der Waals surface area contributed by atoms with Crippen LogP contribution in [-0.2, 0) is 6.42 Å². The van der Waals surface area contributed by atoms with E-state index in [9.17, 15) is 4.79 Å². The van der Waals surface area contributed by atoms with Crippen molar-refractivity contribution in [2.24, 2.45) is 11.7 Å². The smallest absolute Gasteiger partial charge is 0.270 e. The largest absolute Gasteiger partial charge is 0.350 e. The predicted molar refractivity (Wildman–Crippen MR) is 96.0 cm³/mol. The monoisotopic (exact) mass is 351 g/mol. The third-order valence-corrected chi connectivity index (χ3v) is 4.78. The zero-order valence-electron chi connectivity index (χ0n) is 13.4. The van der Waals surface area contributed by atoms with Gasteiger partial charge in [-0.3, -0.25) is 4.79 Å². The van der Waals surface area contributed by atoms with Gasteiger partial charge in [0.2, 0.25) is 0 Å². The number of amides is 1. The van der Waals surface area contributed by atoms with Gasteiger partial charge < -0.3 is 11.1 Å². The van der Waals surface area contributed by atoms with Crippen molar-refractivity contribution < 1.29 is 4.79 Å². The van der Waals surface area contributed by atoms with E-state index in [2.05, 4.69) is 24.1 Å². The average molecular weight is 352 g/mol. The van der Waals surface area contributed by atoms with E-state index in [1.54, 1.807) is 5.38 Å². The van der Waals surface area contributed by atoms with Gasteiger partial charge in [-0.15, -0.1) is 11.3 Å². The van der Waals surface area contributed by atoms with E-state index in [4.69, 9.17) is 17.3 Å². The van der Waals surface area contributed by atoms with E-state index >= 15 is 0 Å². The third kappa shape index (κ3) is 5.30. The SMILES string of the molecule is CC(C)CC(N)c1nc(C(=O)NCCc2ccccc2Cl)cs1. The highest BCUT2D eigenvalue weighted by Crippen LogP contribution is 2.22. The van der Waals surface area contributed by atoms with Gasteiger partial charge >= 0.3 is 0 Å². The molecule has 0 aliphatic rings. The quantitative estimate of drug-likeness (QED) is 0.796. The molecule has 1 amide bonds. The molecule has 0 radical (unpaired) electrons. The van der Waals surface area contributed by atoms with Crippen LogP contribution in [0.5, 0.6) is 0 Å². The molecule has 4 nitrogen and oxygen atoms in total. The van der Waals surface area contributed by atoms with Crippen LogP contribution in [0.4, 0.5) is 0 Å². The summed E-state index contributed by atoms with van der Waals surface area (Å²) in [4.78, 5) is 16.5. The third-order valence-electron chi connectivity index (χ3n) is 3.43. The molecular formula is C17H22ClN3OS. The van der Waals surface area contributed by atoms with Crippen LogP contribution >= 0.6 is 22.9 Å². The Hall–Kier alpha value is -1.43. The molecule has 0 saturated carbocycles. The van der Waals surface area contributed by atoms with Crippen LogP contribution in [0.1, 0.15) is 47.4 Å². The normalized spacial score (nSPS) is 12.4. The van der Waals surface area contributed by atoms with Crippen molar-refractivity contribution in [2.45, 2.75) is 32.7 Å². The number of benzene rings is 1. The Morgan fingerprint density at radius 1 is 1.39 bits per heavy atom. The molecule has 1 atom stereocenters. The van der Waals surface area contributed by atoms with E-state index in [1.807, 2.05) is 24.3 Å². The number of nitrogens with one attached hydrogen (secondary N) is 1. The minimum atomic E-state index is -0.170. The van der Waals surface area contributed by atoms with Crippen LogP contribution in [0.15, 0.2) is 29.6 Å². The standard InChI is InChI=1S/C17H22ClN3OS/c1-11(2)9-14(19)17-21-15(10-23-17)16(22)20-8-7-12-5-3-4-6-13(12)18/h3-6,10-11,14H,7-9,19H2,1-2H3,(H,20,22). The molecule has 0 aliphatic heterocycles. The summed E-state index contributed by atoms with van der Waals surface area (Å²) >= 11 is 7.54. The predicted octanol–water partition coefficient (Wildman–Crippen LogP) is 3.81. The first-order valence-electron chi connectivity index (χ1n) is 7.70. The van der Waals surface area contributed by atoms with Crippen molar-refractivity contribution in [3.8, 4) is 0 Å². The van der Waals surface area contributed by atoms with Gasteiger partial charge in [-0.1, -0.05) is 43.6 Å². The molecule has 2 aromatic rings. The Bertz CT molecular complexity index is 657. The molecule has 1 unspecified atom stereocenters. The van der Waals surface area contributed by atoms with E-state index in [1.165, 1.54) is 11.3 Å². The summed E-state index contributed by atoms with van der Waals surface area (Å²) < 4.78 is 0. The van der Waals surface area contributed by atoms with Crippen LogP contribution in [0.3, 0.4) is 0 Å². The molecular weight excluding hydrogens is 330 g/mol. The second-order valence-corrected chi connectivity index (χ2v) is 7.20. The maximum absolute atomic E-state index is 12.1. The lowest BCUT2D eigenvalue weighted by Gasteiger charge is -2.10. The summed E-state index contributed by atoms with van der Waals surface area (Å²) in [5.41, 5.74) is 7.56. The van der Waals surface area contributed by atoms with Crippen LogP contribution in [0.2, 0.25) is 5.02 Å². The van der Waals surface area contributed by atoms with Crippen LogP contribution in [0, 0.1) is 5.92 Å². The first-order chi connectivity index (χ1) is 11.0. The first-order valence-corrected chi connectivity index (χ1v) is 8.95. The number of nitrogens with zero attached hydrogens (tertiary/aromatic N) is 1. The Kier molecular flexibility index (Phi) is 6.57. The maximum atomic E-state index is 12.1. The molecule has 0 aliphatic carbocycles. The topological polar surface area (TPSA) is 68.0 Å². The van der Waals surface area contributed by atoms with Gasteiger partial charge in [0.05, 0.1) is 6.04 Å². The van der Waals surface area contributed by atoms with Gasteiger partial charge in [-0.2, -0.15) is 0 Å². The van der Waals surface area contributed by atoms with Crippen molar-refractivity contribution >= 4 is 28.8 Å². The lowest BCUT2D eigenvalue weighted by Crippen LogP contribution is -2.26. The molecule has 23 heavy (non-hydrogen) atoms. The van der Waals surface area contributed by atoms with Gasteiger partial charge in [-0.05, 0) is 30.4 Å². The number of hydrogen-bond donors (Lipinski definition) is 2. The molecule has 124 valence electrons. The van der Waals surface area contributed by atoms with Crippen molar-refractivity contribution in [3.63, 3.8) is 0 Å². The van der Waals surface area contributed by atoms with Crippen LogP contribution < -0.4 is 11.1 Å². The molecule has 1 heterocycles. The minimum absolute atomic E-state index is 0.107. The number of carbonyl (C=O) groups is 1. The Labute approximate surface area is 146 Å². The molecule has 0 saturated heterocycles. The Morgan fingerprint density at radius 3 is 2.83 bits per heavy atom. The van der Waals surface area contributed by atoms with Gasteiger partial charge in [0.25, 0.3) is 5.91 Å². The zero-order valence-corrected chi connectivity index (χ0v) is 15.0. The second kappa shape index (κ2) is 8.43. The van der Waals surface area contributed by atoms with E-state index < -0.39 is 0 Å². The summed E-state index contributed by atoms with van der Waals surface area (Å²) in [6.45, 7) is 4.76. The van der Waals surface area contributed by atoms with Crippen molar-refractivity contribution in [2.75, 3.05) is 6.54 Å². The number of rotatable bonds is 7. The van der Waals surface area contributed by atoms with Gasteiger partial charge in [0.1, 0.15) is 10.7 Å². The number of halogens is 1. The zero-order chi connectivity index (χ0) is 16.8. The lowest BCUT2D eigenvalue weighted by molar-refractivity contribution is 0.0949. The van der Waals surface area contributed by atoms with Gasteiger partial charge in [0.15, 0.2) is 0 Å². The minimum Gasteiger partial charge on any atom is -0.350 e. The molecule has 3 N–H and O–H groups in total. The molecule has 0 spiro atoms. The maximum Gasteiger partial charge on any atom is 0.270 e. The summed E-state index contributed by atoms with van der Waals surface area (Å²) in [5.74, 6) is 0.332. The van der Waals surface area contributed by atoms with Crippen molar-refractivity contribution in [3.05, 3.63) is 50.9 Å². The summed E-state index contributed by atoms with van der Waals surface area (Å²) in [6.07, 6.45) is 1.55. The molecule has 0 bridgehead atoms. The summed E-state index contributed by atoms with van der Waals surface area (Å²) in [7, 11) is 0. The molecule has 2 rings (SSSR count). The summed E-state index contributed by atoms with van der Waals surface area (Å²) in [6, 6.07) is 7.53. The van der Waals surface area contributed by atoms with E-state index in [0.717, 1.165) is 22.0 Å². The van der Waals surface area contributed by atoms with E-state index in [-0.39, 0.29) is 11.9 Å². The van der Waals surface area contributed by atoms with Crippen molar-refractivity contribution in [1.82, 2.24) is 10.3 Å². The Balaban J connectivity index is 1.87. The fourth-order valence-corrected chi connectivity index (χ4v) is 3.32. The molecule has 1 aromatic heterocycles. The number of carbonyl (C=O) groups excluding carboxylic acids is 1. The number of thiazole rings is 1. The fourth-order valence-electron chi connectivity index (χ4n) is 2.27. The van der Waals surface area contributed by atoms with Crippen molar-refractivity contribution in [1.29, 1.82) is 0 Å².